The van der Waals surface area contributed by atoms with Crippen molar-refractivity contribution in [2.75, 3.05) is 7.11 Å². The lowest BCUT2D eigenvalue weighted by Gasteiger charge is -2.05. The molecule has 0 amide bonds. The number of ether oxygens (including phenoxy) is 1. The van der Waals surface area contributed by atoms with Crippen LogP contribution in [0.2, 0.25) is 0 Å². The molecule has 1 heterocycles. The van der Waals surface area contributed by atoms with Gasteiger partial charge in [0.05, 0.1) is 19.2 Å². The SMILES string of the molecule is COC(=O)c1ccc(CNCc2ncn(C)n2)cc1F. The predicted molar refractivity (Wildman–Crippen MR) is 69.3 cm³/mol. The van der Waals surface area contributed by atoms with E-state index in [9.17, 15) is 9.18 Å². The summed E-state index contributed by atoms with van der Waals surface area (Å²) in [6.07, 6.45) is 1.61. The summed E-state index contributed by atoms with van der Waals surface area (Å²) in [5, 5.41) is 7.22. The maximum atomic E-state index is 13.7. The lowest BCUT2D eigenvalue weighted by atomic mass is 10.1. The molecule has 20 heavy (non-hydrogen) atoms. The number of rotatable bonds is 5. The molecule has 0 radical (unpaired) electrons. The first-order valence-electron chi connectivity index (χ1n) is 6.02. The van der Waals surface area contributed by atoms with Crippen LogP contribution in [-0.2, 0) is 24.9 Å². The second kappa shape index (κ2) is 6.25. The number of nitrogens with one attached hydrogen (secondary N) is 1. The van der Waals surface area contributed by atoms with E-state index in [0.29, 0.717) is 18.9 Å². The molecule has 0 aliphatic rings. The molecular formula is C13H15FN4O2. The van der Waals surface area contributed by atoms with Crippen LogP contribution in [0, 0.1) is 5.82 Å². The van der Waals surface area contributed by atoms with E-state index in [-0.39, 0.29) is 5.56 Å². The van der Waals surface area contributed by atoms with Crippen LogP contribution in [0.15, 0.2) is 24.5 Å². The maximum Gasteiger partial charge on any atom is 0.340 e. The van der Waals surface area contributed by atoms with Gasteiger partial charge in [0.1, 0.15) is 12.1 Å². The second-order valence-corrected chi connectivity index (χ2v) is 4.24. The Labute approximate surface area is 115 Å². The minimum absolute atomic E-state index is 0.0670. The molecule has 0 spiro atoms. The topological polar surface area (TPSA) is 69.0 Å². The highest BCUT2D eigenvalue weighted by atomic mass is 19.1. The van der Waals surface area contributed by atoms with Gasteiger partial charge in [0.25, 0.3) is 0 Å². The van der Waals surface area contributed by atoms with Crippen LogP contribution in [0.1, 0.15) is 21.7 Å². The zero-order valence-electron chi connectivity index (χ0n) is 11.3. The number of carbonyl (C=O) groups is 1. The van der Waals surface area contributed by atoms with Gasteiger partial charge in [0, 0.05) is 13.6 Å². The monoisotopic (exact) mass is 278 g/mol. The molecule has 0 bridgehead atoms. The third-order valence-electron chi connectivity index (χ3n) is 2.70. The van der Waals surface area contributed by atoms with Crippen molar-refractivity contribution in [3.8, 4) is 0 Å². The number of methoxy groups -OCH3 is 1. The van der Waals surface area contributed by atoms with Gasteiger partial charge in [0.15, 0.2) is 5.82 Å². The Kier molecular flexibility index (Phi) is 4.41. The number of aryl methyl sites for hydroxylation is 1. The number of aromatic nitrogens is 3. The third-order valence-corrected chi connectivity index (χ3v) is 2.70. The summed E-state index contributed by atoms with van der Waals surface area (Å²) in [4.78, 5) is 15.3. The predicted octanol–water partition coefficient (Wildman–Crippen LogP) is 1.03. The minimum atomic E-state index is -0.681. The van der Waals surface area contributed by atoms with Gasteiger partial charge < -0.3 is 10.1 Å². The van der Waals surface area contributed by atoms with Crippen molar-refractivity contribution in [2.24, 2.45) is 7.05 Å². The summed E-state index contributed by atoms with van der Waals surface area (Å²) in [5.74, 6) is -0.606. The second-order valence-electron chi connectivity index (χ2n) is 4.24. The average molecular weight is 278 g/mol. The van der Waals surface area contributed by atoms with E-state index in [2.05, 4.69) is 20.1 Å². The number of hydrogen-bond acceptors (Lipinski definition) is 5. The molecule has 1 N–H and O–H groups in total. The fourth-order valence-electron chi connectivity index (χ4n) is 1.73. The molecule has 0 saturated heterocycles. The molecule has 0 atom stereocenters. The highest BCUT2D eigenvalue weighted by Gasteiger charge is 2.12. The summed E-state index contributed by atoms with van der Waals surface area (Å²) >= 11 is 0. The molecule has 0 unspecified atom stereocenters. The normalized spacial score (nSPS) is 10.6. The number of hydrogen-bond donors (Lipinski definition) is 1. The number of halogens is 1. The minimum Gasteiger partial charge on any atom is -0.465 e. The van der Waals surface area contributed by atoms with Crippen molar-refractivity contribution in [1.82, 2.24) is 20.1 Å². The van der Waals surface area contributed by atoms with Crippen molar-refractivity contribution in [2.45, 2.75) is 13.1 Å². The Morgan fingerprint density at radius 3 is 2.85 bits per heavy atom. The van der Waals surface area contributed by atoms with Crippen LogP contribution < -0.4 is 5.32 Å². The van der Waals surface area contributed by atoms with E-state index < -0.39 is 11.8 Å². The molecule has 0 saturated carbocycles. The molecule has 0 fully saturated rings. The van der Waals surface area contributed by atoms with E-state index >= 15 is 0 Å². The van der Waals surface area contributed by atoms with Gasteiger partial charge in [-0.2, -0.15) is 5.10 Å². The number of nitrogens with zero attached hydrogens (tertiary/aromatic N) is 3. The Morgan fingerprint density at radius 1 is 1.45 bits per heavy atom. The highest BCUT2D eigenvalue weighted by Crippen LogP contribution is 2.11. The largest absolute Gasteiger partial charge is 0.465 e. The molecule has 2 rings (SSSR count). The van der Waals surface area contributed by atoms with Crippen molar-refractivity contribution in [3.63, 3.8) is 0 Å². The average Bonchev–Trinajstić information content (AvgIpc) is 2.84. The summed E-state index contributed by atoms with van der Waals surface area (Å²) < 4.78 is 19.8. The number of esters is 1. The van der Waals surface area contributed by atoms with Crippen LogP contribution >= 0.6 is 0 Å². The van der Waals surface area contributed by atoms with Crippen molar-refractivity contribution >= 4 is 5.97 Å². The Balaban J connectivity index is 1.93. The molecule has 7 heteroatoms. The summed E-state index contributed by atoms with van der Waals surface area (Å²) in [6, 6.07) is 4.40. The molecule has 0 aliphatic heterocycles. The fourth-order valence-corrected chi connectivity index (χ4v) is 1.73. The quantitative estimate of drug-likeness (QED) is 0.827. The zero-order chi connectivity index (χ0) is 14.5. The number of benzene rings is 1. The fraction of sp³-hybridized carbons (Fsp3) is 0.308. The molecule has 6 nitrogen and oxygen atoms in total. The smallest absolute Gasteiger partial charge is 0.340 e. The van der Waals surface area contributed by atoms with E-state index in [1.807, 2.05) is 0 Å². The van der Waals surface area contributed by atoms with Crippen LogP contribution in [-0.4, -0.2) is 27.8 Å². The van der Waals surface area contributed by atoms with Crippen LogP contribution in [0.3, 0.4) is 0 Å². The first kappa shape index (κ1) is 14.1. The molecule has 1 aromatic heterocycles. The third kappa shape index (κ3) is 3.39. The van der Waals surface area contributed by atoms with Crippen molar-refractivity contribution in [3.05, 3.63) is 47.3 Å². The van der Waals surface area contributed by atoms with Crippen molar-refractivity contribution in [1.29, 1.82) is 0 Å². The molecule has 1 aromatic carbocycles. The van der Waals surface area contributed by atoms with Gasteiger partial charge in [0.2, 0.25) is 0 Å². The highest BCUT2D eigenvalue weighted by molar-refractivity contribution is 5.89. The summed E-state index contributed by atoms with van der Waals surface area (Å²) in [7, 11) is 3.01. The Bertz CT molecular complexity index is 612. The Morgan fingerprint density at radius 2 is 2.25 bits per heavy atom. The first-order valence-corrected chi connectivity index (χ1v) is 6.02. The zero-order valence-corrected chi connectivity index (χ0v) is 11.3. The van der Waals surface area contributed by atoms with E-state index in [1.165, 1.54) is 19.2 Å². The Hall–Kier alpha value is -2.28. The van der Waals surface area contributed by atoms with Gasteiger partial charge in [-0.1, -0.05) is 6.07 Å². The van der Waals surface area contributed by atoms with Crippen LogP contribution in [0.25, 0.3) is 0 Å². The molecule has 106 valence electrons. The van der Waals surface area contributed by atoms with Crippen LogP contribution in [0.4, 0.5) is 4.39 Å². The number of carbonyl (C=O) groups excluding carboxylic acids is 1. The van der Waals surface area contributed by atoms with E-state index in [0.717, 1.165) is 5.56 Å². The van der Waals surface area contributed by atoms with E-state index in [1.54, 1.807) is 24.1 Å². The van der Waals surface area contributed by atoms with Gasteiger partial charge in [-0.15, -0.1) is 0 Å². The van der Waals surface area contributed by atoms with Gasteiger partial charge >= 0.3 is 5.97 Å². The standard InChI is InChI=1S/C13H15FN4O2/c1-18-8-16-12(17-18)7-15-6-9-3-4-10(11(14)5-9)13(19)20-2/h3-5,8,15H,6-7H2,1-2H3. The molecular weight excluding hydrogens is 263 g/mol. The lowest BCUT2D eigenvalue weighted by Crippen LogP contribution is -2.14. The van der Waals surface area contributed by atoms with Gasteiger partial charge in [-0.25, -0.2) is 14.2 Å². The summed E-state index contributed by atoms with van der Waals surface area (Å²) in [5.41, 5.74) is 0.661. The van der Waals surface area contributed by atoms with E-state index in [4.69, 9.17) is 0 Å². The molecule has 0 aliphatic carbocycles. The van der Waals surface area contributed by atoms with Crippen LogP contribution in [0.5, 0.6) is 0 Å². The maximum absolute atomic E-state index is 13.7. The van der Waals surface area contributed by atoms with Crippen molar-refractivity contribution < 1.29 is 13.9 Å². The van der Waals surface area contributed by atoms with Gasteiger partial charge in [-0.3, -0.25) is 4.68 Å². The van der Waals surface area contributed by atoms with Gasteiger partial charge in [-0.05, 0) is 17.7 Å². The summed E-state index contributed by atoms with van der Waals surface area (Å²) in [6.45, 7) is 0.942. The first-order chi connectivity index (χ1) is 9.60. The molecule has 2 aromatic rings. The lowest BCUT2D eigenvalue weighted by molar-refractivity contribution is 0.0595.